The van der Waals surface area contributed by atoms with Crippen LogP contribution in [0.5, 0.6) is 0 Å². The Morgan fingerprint density at radius 1 is 1.20 bits per heavy atom. The summed E-state index contributed by atoms with van der Waals surface area (Å²) in [7, 11) is 0. The molecule has 0 saturated carbocycles. The lowest BCUT2D eigenvalue weighted by Crippen LogP contribution is -2.23. The van der Waals surface area contributed by atoms with Crippen LogP contribution in [0.3, 0.4) is 0 Å². The van der Waals surface area contributed by atoms with Crippen LogP contribution in [0.1, 0.15) is 31.9 Å². The van der Waals surface area contributed by atoms with Gasteiger partial charge in [-0.05, 0) is 25.5 Å². The van der Waals surface area contributed by atoms with Crippen LogP contribution in [0.4, 0.5) is 10.8 Å². The lowest BCUT2D eigenvalue weighted by molar-refractivity contribution is 0.728. The minimum atomic E-state index is 0.724. The van der Waals surface area contributed by atoms with E-state index in [2.05, 4.69) is 33.6 Å². The van der Waals surface area contributed by atoms with Crippen molar-refractivity contribution < 1.29 is 0 Å². The van der Waals surface area contributed by atoms with Crippen LogP contribution in [0.25, 0.3) is 10.9 Å². The fraction of sp³-hybridized carbons (Fsp3) is 0.316. The van der Waals surface area contributed by atoms with Gasteiger partial charge in [-0.15, -0.1) is 11.3 Å². The summed E-state index contributed by atoms with van der Waals surface area (Å²) in [6.07, 6.45) is 5.24. The molecule has 0 saturated heterocycles. The molecule has 130 valence electrons. The van der Waals surface area contributed by atoms with E-state index < -0.39 is 0 Å². The molecule has 0 atom stereocenters. The van der Waals surface area contributed by atoms with Gasteiger partial charge in [0.25, 0.3) is 0 Å². The van der Waals surface area contributed by atoms with Crippen LogP contribution in [0, 0.1) is 6.92 Å². The molecule has 3 aromatic rings. The van der Waals surface area contributed by atoms with Crippen molar-refractivity contribution in [1.82, 2.24) is 9.97 Å². The Hall–Kier alpha value is -2.47. The highest BCUT2D eigenvalue weighted by molar-refractivity contribution is 7.13. The molecule has 2 aromatic heterocycles. The lowest BCUT2D eigenvalue weighted by atomic mass is 10.1. The van der Waals surface area contributed by atoms with Crippen LogP contribution in [0.2, 0.25) is 0 Å². The van der Waals surface area contributed by atoms with Gasteiger partial charge in [0.15, 0.2) is 5.13 Å². The zero-order chi connectivity index (χ0) is 17.5. The summed E-state index contributed by atoms with van der Waals surface area (Å²) >= 11 is 1.56. The summed E-state index contributed by atoms with van der Waals surface area (Å²) < 4.78 is 0. The average Bonchev–Trinajstić information content (AvgIpc) is 3.11. The molecule has 0 radical (unpaired) electrons. The number of nitrogens with one attached hydrogen (secondary N) is 2. The van der Waals surface area contributed by atoms with E-state index in [1.165, 1.54) is 12.8 Å². The Morgan fingerprint density at radius 3 is 2.88 bits per heavy atom. The number of anilines is 2. The van der Waals surface area contributed by atoms with Crippen LogP contribution in [0.15, 0.2) is 46.9 Å². The van der Waals surface area contributed by atoms with Gasteiger partial charge in [-0.25, -0.2) is 4.98 Å². The Morgan fingerprint density at radius 2 is 2.08 bits per heavy atom. The summed E-state index contributed by atoms with van der Waals surface area (Å²) in [6, 6.07) is 10.2. The number of rotatable bonds is 6. The summed E-state index contributed by atoms with van der Waals surface area (Å²) in [4.78, 5) is 13.6. The largest absolute Gasteiger partial charge is 0.325 e. The molecule has 0 spiro atoms. The molecule has 6 heteroatoms. The maximum atomic E-state index is 4.71. The number of hydrogen-bond donors (Lipinski definition) is 2. The number of hydrogen-bond acceptors (Lipinski definition) is 4. The number of pyridine rings is 1. The Bertz CT molecular complexity index is 842. The van der Waals surface area contributed by atoms with Gasteiger partial charge in [0.05, 0.1) is 11.2 Å². The molecular weight excluding hydrogens is 330 g/mol. The first-order valence-corrected chi connectivity index (χ1v) is 9.48. The van der Waals surface area contributed by atoms with E-state index in [0.29, 0.717) is 0 Å². The van der Waals surface area contributed by atoms with Gasteiger partial charge in [0, 0.05) is 29.2 Å². The monoisotopic (exact) mass is 353 g/mol. The van der Waals surface area contributed by atoms with E-state index in [-0.39, 0.29) is 0 Å². The van der Waals surface area contributed by atoms with Crippen molar-refractivity contribution in [1.29, 1.82) is 0 Å². The summed E-state index contributed by atoms with van der Waals surface area (Å²) in [6.45, 7) is 4.99. The van der Waals surface area contributed by atoms with Gasteiger partial charge in [-0.2, -0.15) is 0 Å². The van der Waals surface area contributed by atoms with E-state index in [9.17, 15) is 0 Å². The van der Waals surface area contributed by atoms with Gasteiger partial charge in [0.1, 0.15) is 0 Å². The number of thiazole rings is 1. The fourth-order valence-corrected chi connectivity index (χ4v) is 3.12. The van der Waals surface area contributed by atoms with Crippen molar-refractivity contribution in [3.63, 3.8) is 0 Å². The van der Waals surface area contributed by atoms with Crippen LogP contribution < -0.4 is 10.6 Å². The van der Waals surface area contributed by atoms with E-state index in [1.807, 2.05) is 36.6 Å². The number of aromatic nitrogens is 2. The SMILES string of the molecule is CCCCCN=C(Nc1nccs1)Nc1cc(C)nc2ccccc12. The number of aliphatic imine (C=N–C) groups is 1. The second-order valence-corrected chi connectivity index (χ2v) is 6.75. The highest BCUT2D eigenvalue weighted by Gasteiger charge is 2.08. The number of para-hydroxylation sites is 1. The smallest absolute Gasteiger partial charge is 0.202 e. The Balaban J connectivity index is 1.86. The first kappa shape index (κ1) is 17.4. The van der Waals surface area contributed by atoms with Crippen molar-refractivity contribution in [2.75, 3.05) is 17.2 Å². The molecular formula is C19H23N5S. The third kappa shape index (κ3) is 4.76. The highest BCUT2D eigenvalue weighted by atomic mass is 32.1. The van der Waals surface area contributed by atoms with E-state index in [4.69, 9.17) is 4.99 Å². The van der Waals surface area contributed by atoms with Crippen LogP contribution in [-0.4, -0.2) is 22.5 Å². The quantitative estimate of drug-likeness (QED) is 0.369. The summed E-state index contributed by atoms with van der Waals surface area (Å²) in [5.74, 6) is 0.724. The van der Waals surface area contributed by atoms with Gasteiger partial charge in [-0.3, -0.25) is 9.98 Å². The van der Waals surface area contributed by atoms with Crippen molar-refractivity contribution in [3.05, 3.63) is 47.6 Å². The summed E-state index contributed by atoms with van der Waals surface area (Å²) in [5.41, 5.74) is 2.95. The fourth-order valence-electron chi connectivity index (χ4n) is 2.59. The third-order valence-electron chi connectivity index (χ3n) is 3.79. The molecule has 0 aliphatic rings. The van der Waals surface area contributed by atoms with E-state index >= 15 is 0 Å². The second kappa shape index (κ2) is 8.58. The molecule has 5 nitrogen and oxygen atoms in total. The van der Waals surface area contributed by atoms with Crippen LogP contribution >= 0.6 is 11.3 Å². The van der Waals surface area contributed by atoms with Crippen LogP contribution in [-0.2, 0) is 0 Å². The molecule has 1 aromatic carbocycles. The standard InChI is InChI=1S/C19H23N5S/c1-3-4-7-10-20-18(24-19-21-11-12-25-19)23-17-13-14(2)22-16-9-6-5-8-15(16)17/h5-6,8-9,11-13H,3-4,7,10H2,1-2H3,(H2,20,21,22,23,24). The molecule has 2 heterocycles. The lowest BCUT2D eigenvalue weighted by Gasteiger charge is -2.13. The number of aryl methyl sites for hydroxylation is 1. The third-order valence-corrected chi connectivity index (χ3v) is 4.48. The van der Waals surface area contributed by atoms with Crippen molar-refractivity contribution in [2.24, 2.45) is 4.99 Å². The summed E-state index contributed by atoms with van der Waals surface area (Å²) in [5, 5.41) is 10.6. The molecule has 25 heavy (non-hydrogen) atoms. The number of nitrogens with zero attached hydrogens (tertiary/aromatic N) is 3. The first-order valence-electron chi connectivity index (χ1n) is 8.60. The van der Waals surface area contributed by atoms with Crippen molar-refractivity contribution >= 4 is 39.0 Å². The molecule has 0 unspecified atom stereocenters. The first-order chi connectivity index (χ1) is 12.3. The number of guanidine groups is 1. The number of benzene rings is 1. The molecule has 0 aliphatic heterocycles. The highest BCUT2D eigenvalue weighted by Crippen LogP contribution is 2.23. The zero-order valence-corrected chi connectivity index (χ0v) is 15.4. The molecule has 0 amide bonds. The number of unbranched alkanes of at least 4 members (excludes halogenated alkanes) is 2. The average molecular weight is 353 g/mol. The van der Waals surface area contributed by atoms with Crippen molar-refractivity contribution in [2.45, 2.75) is 33.1 Å². The molecule has 0 bridgehead atoms. The van der Waals surface area contributed by atoms with E-state index in [0.717, 1.165) is 46.3 Å². The van der Waals surface area contributed by atoms with E-state index in [1.54, 1.807) is 17.5 Å². The predicted molar refractivity (Wildman–Crippen MR) is 108 cm³/mol. The Labute approximate surface area is 152 Å². The van der Waals surface area contributed by atoms with Gasteiger partial charge < -0.3 is 10.6 Å². The normalized spacial score (nSPS) is 11.7. The predicted octanol–water partition coefficient (Wildman–Crippen LogP) is 5.07. The number of fused-ring (bicyclic) bond motifs is 1. The van der Waals surface area contributed by atoms with Gasteiger partial charge >= 0.3 is 0 Å². The minimum absolute atomic E-state index is 0.724. The molecule has 3 rings (SSSR count). The molecule has 0 fully saturated rings. The Kier molecular flexibility index (Phi) is 5.95. The van der Waals surface area contributed by atoms with Gasteiger partial charge in [0.2, 0.25) is 5.96 Å². The van der Waals surface area contributed by atoms with Gasteiger partial charge in [-0.1, -0.05) is 38.0 Å². The topological polar surface area (TPSA) is 62.2 Å². The molecule has 0 aliphatic carbocycles. The zero-order valence-electron chi connectivity index (χ0n) is 14.6. The van der Waals surface area contributed by atoms with Crippen molar-refractivity contribution in [3.8, 4) is 0 Å². The maximum Gasteiger partial charge on any atom is 0.202 e. The second-order valence-electron chi connectivity index (χ2n) is 5.85. The maximum absolute atomic E-state index is 4.71. The minimum Gasteiger partial charge on any atom is -0.325 e. The molecule has 2 N–H and O–H groups in total.